The Balaban J connectivity index is 1.89. The third-order valence-corrected chi connectivity index (χ3v) is 10.2. The van der Waals surface area contributed by atoms with Gasteiger partial charge in [-0.2, -0.15) is 0 Å². The zero-order valence-corrected chi connectivity index (χ0v) is 21.5. The van der Waals surface area contributed by atoms with Crippen LogP contribution in [0.2, 0.25) is 0 Å². The van der Waals surface area contributed by atoms with Crippen molar-refractivity contribution in [3.05, 3.63) is 136 Å². The first-order valence-electron chi connectivity index (χ1n) is 11.5. The van der Waals surface area contributed by atoms with E-state index in [1.54, 1.807) is 12.1 Å². The summed E-state index contributed by atoms with van der Waals surface area (Å²) in [5.74, 6) is -0.258. The van der Waals surface area contributed by atoms with Crippen LogP contribution in [-0.4, -0.2) is 16.5 Å². The number of aliphatic hydroxyl groups is 1. The molecule has 4 aromatic carbocycles. The maximum atomic E-state index is 15.4. The van der Waals surface area contributed by atoms with Gasteiger partial charge in [0.25, 0.3) is 0 Å². The summed E-state index contributed by atoms with van der Waals surface area (Å²) in [6.07, 6.45) is 0.909. The van der Waals surface area contributed by atoms with Gasteiger partial charge in [0, 0.05) is 31.5 Å². The SMILES string of the molecule is O=C(/C(=C(/C1(O)CC1)P(=O)(c1ccccc1)c1ccccc1)c1ccccc1)c1ccc(Br)cc1. The van der Waals surface area contributed by atoms with E-state index in [9.17, 15) is 9.90 Å². The Kier molecular flexibility index (Phi) is 6.46. The van der Waals surface area contributed by atoms with Crippen LogP contribution in [0.5, 0.6) is 0 Å². The fraction of sp³-hybridized carbons (Fsp3) is 0.100. The number of halogens is 1. The van der Waals surface area contributed by atoms with Gasteiger partial charge in [0.2, 0.25) is 0 Å². The summed E-state index contributed by atoms with van der Waals surface area (Å²) in [6.45, 7) is 0. The first-order chi connectivity index (χ1) is 16.9. The third kappa shape index (κ3) is 4.50. The highest BCUT2D eigenvalue weighted by molar-refractivity contribution is 9.10. The van der Waals surface area contributed by atoms with Crippen molar-refractivity contribution in [3.8, 4) is 0 Å². The van der Waals surface area contributed by atoms with Crippen LogP contribution in [0.15, 0.2) is 125 Å². The average molecular weight is 543 g/mol. The molecule has 174 valence electrons. The van der Waals surface area contributed by atoms with Crippen molar-refractivity contribution in [2.75, 3.05) is 0 Å². The van der Waals surface area contributed by atoms with Crippen LogP contribution in [0.1, 0.15) is 28.8 Å². The van der Waals surface area contributed by atoms with Crippen LogP contribution in [0.3, 0.4) is 0 Å². The van der Waals surface area contributed by atoms with Crippen molar-refractivity contribution in [1.29, 1.82) is 0 Å². The highest BCUT2D eigenvalue weighted by atomic mass is 79.9. The lowest BCUT2D eigenvalue weighted by Crippen LogP contribution is -2.27. The molecule has 0 aliphatic heterocycles. The van der Waals surface area contributed by atoms with Gasteiger partial charge in [0.15, 0.2) is 12.9 Å². The lowest BCUT2D eigenvalue weighted by atomic mass is 9.94. The summed E-state index contributed by atoms with van der Waals surface area (Å²) >= 11 is 3.43. The molecule has 1 aliphatic carbocycles. The largest absolute Gasteiger partial charge is 0.385 e. The predicted octanol–water partition coefficient (Wildman–Crippen LogP) is 6.58. The van der Waals surface area contributed by atoms with E-state index < -0.39 is 12.7 Å². The van der Waals surface area contributed by atoms with Crippen LogP contribution in [0.25, 0.3) is 5.57 Å². The molecule has 1 saturated carbocycles. The number of rotatable bonds is 7. The van der Waals surface area contributed by atoms with Crippen molar-refractivity contribution < 1.29 is 14.5 Å². The molecule has 0 spiro atoms. The maximum absolute atomic E-state index is 15.4. The van der Waals surface area contributed by atoms with Gasteiger partial charge in [-0.1, -0.05) is 107 Å². The molecule has 0 unspecified atom stereocenters. The minimum absolute atomic E-state index is 0.258. The molecule has 0 heterocycles. The first kappa shape index (κ1) is 23.7. The zero-order valence-electron chi connectivity index (χ0n) is 19.0. The van der Waals surface area contributed by atoms with E-state index in [2.05, 4.69) is 15.9 Å². The fourth-order valence-corrected chi connectivity index (χ4v) is 8.07. The standard InChI is InChI=1S/C30H24BrO3P/c31-24-18-16-23(17-19-24)28(32)27(22-10-4-1-5-11-22)29(30(33)20-21-30)35(34,25-12-6-2-7-13-25)26-14-8-3-9-15-26/h1-19,33H,20-21H2/b29-27-. The molecule has 0 atom stereocenters. The quantitative estimate of drug-likeness (QED) is 0.163. The van der Waals surface area contributed by atoms with E-state index in [1.807, 2.05) is 103 Å². The molecule has 1 aliphatic rings. The van der Waals surface area contributed by atoms with Crippen LogP contribution >= 0.6 is 23.1 Å². The van der Waals surface area contributed by atoms with Gasteiger partial charge in [0.1, 0.15) is 0 Å². The molecule has 3 nitrogen and oxygen atoms in total. The van der Waals surface area contributed by atoms with Gasteiger partial charge in [-0.25, -0.2) is 0 Å². The topological polar surface area (TPSA) is 54.4 Å². The van der Waals surface area contributed by atoms with Gasteiger partial charge in [-0.15, -0.1) is 0 Å². The molecule has 0 bridgehead atoms. The number of ketones is 1. The van der Waals surface area contributed by atoms with E-state index in [0.29, 0.717) is 45.5 Å². The monoisotopic (exact) mass is 542 g/mol. The minimum atomic E-state index is -3.60. The Bertz CT molecular complexity index is 1380. The van der Waals surface area contributed by atoms with E-state index >= 15 is 4.57 Å². The molecule has 4 aromatic rings. The Hall–Kier alpha value is -3.04. The first-order valence-corrected chi connectivity index (χ1v) is 14.0. The Morgan fingerprint density at radius 2 is 1.14 bits per heavy atom. The number of hydrogen-bond donors (Lipinski definition) is 1. The maximum Gasteiger partial charge on any atom is 0.194 e. The van der Waals surface area contributed by atoms with Gasteiger partial charge < -0.3 is 9.67 Å². The van der Waals surface area contributed by atoms with E-state index in [0.717, 1.165) is 4.47 Å². The van der Waals surface area contributed by atoms with Crippen molar-refractivity contribution >= 4 is 45.0 Å². The van der Waals surface area contributed by atoms with Gasteiger partial charge in [-0.05, 0) is 42.7 Å². The fourth-order valence-electron chi connectivity index (χ4n) is 4.45. The molecule has 5 rings (SSSR count). The van der Waals surface area contributed by atoms with Gasteiger partial charge in [0.05, 0.1) is 5.60 Å². The number of allylic oxidation sites excluding steroid dienone is 1. The van der Waals surface area contributed by atoms with Crippen LogP contribution < -0.4 is 10.6 Å². The third-order valence-electron chi connectivity index (χ3n) is 6.35. The summed E-state index contributed by atoms with van der Waals surface area (Å²) < 4.78 is 16.3. The lowest BCUT2D eigenvalue weighted by Gasteiger charge is -2.29. The Morgan fingerprint density at radius 3 is 1.60 bits per heavy atom. The second-order valence-electron chi connectivity index (χ2n) is 8.74. The van der Waals surface area contributed by atoms with Crippen LogP contribution in [-0.2, 0) is 4.57 Å². The molecule has 0 radical (unpaired) electrons. The van der Waals surface area contributed by atoms with Crippen molar-refractivity contribution in [3.63, 3.8) is 0 Å². The number of hydrogen-bond acceptors (Lipinski definition) is 3. The molecule has 35 heavy (non-hydrogen) atoms. The van der Waals surface area contributed by atoms with Crippen molar-refractivity contribution in [1.82, 2.24) is 0 Å². The number of carbonyl (C=O) groups is 1. The Morgan fingerprint density at radius 1 is 0.686 bits per heavy atom. The molecule has 0 aromatic heterocycles. The van der Waals surface area contributed by atoms with Crippen LogP contribution in [0.4, 0.5) is 0 Å². The summed E-state index contributed by atoms with van der Waals surface area (Å²) in [6, 6.07) is 34.8. The van der Waals surface area contributed by atoms with E-state index in [4.69, 9.17) is 0 Å². The molecule has 0 amide bonds. The summed E-state index contributed by atoms with van der Waals surface area (Å²) in [5, 5.41) is 13.2. The molecular formula is C30H24BrO3P. The summed E-state index contributed by atoms with van der Waals surface area (Å²) in [4.78, 5) is 14.2. The van der Waals surface area contributed by atoms with E-state index in [-0.39, 0.29) is 5.78 Å². The minimum Gasteiger partial charge on any atom is -0.385 e. The Labute approximate surface area is 213 Å². The second kappa shape index (κ2) is 9.54. The molecule has 5 heteroatoms. The molecule has 1 fully saturated rings. The average Bonchev–Trinajstić information content (AvgIpc) is 3.66. The number of Topliss-reactive ketones (excluding diaryl/α,β-unsaturated/α-hetero) is 1. The second-order valence-corrected chi connectivity index (χ2v) is 12.4. The summed E-state index contributed by atoms with van der Waals surface area (Å²) in [5.41, 5.74) is 0.102. The van der Waals surface area contributed by atoms with Crippen molar-refractivity contribution in [2.45, 2.75) is 18.4 Å². The highest BCUT2D eigenvalue weighted by Crippen LogP contribution is 2.64. The van der Waals surface area contributed by atoms with Gasteiger partial charge in [-0.3, -0.25) is 4.79 Å². The van der Waals surface area contributed by atoms with Crippen molar-refractivity contribution in [2.24, 2.45) is 0 Å². The highest BCUT2D eigenvalue weighted by Gasteiger charge is 2.54. The van der Waals surface area contributed by atoms with Crippen LogP contribution in [0, 0.1) is 0 Å². The van der Waals surface area contributed by atoms with E-state index in [1.165, 1.54) is 0 Å². The number of carbonyl (C=O) groups excluding carboxylic acids is 1. The zero-order chi connectivity index (χ0) is 24.5. The normalized spacial score (nSPS) is 15.3. The summed E-state index contributed by atoms with van der Waals surface area (Å²) in [7, 11) is -3.60. The molecule has 1 N–H and O–H groups in total. The van der Waals surface area contributed by atoms with Gasteiger partial charge >= 0.3 is 0 Å². The molecular weight excluding hydrogens is 519 g/mol. The number of benzene rings is 4. The molecule has 0 saturated heterocycles. The smallest absolute Gasteiger partial charge is 0.194 e. The lowest BCUT2D eigenvalue weighted by molar-refractivity contribution is 0.105. The predicted molar refractivity (Wildman–Crippen MR) is 146 cm³/mol.